The summed E-state index contributed by atoms with van der Waals surface area (Å²) in [5.41, 5.74) is 4.09. The average molecular weight is 406 g/mol. The van der Waals surface area contributed by atoms with Gasteiger partial charge in [-0.05, 0) is 25.5 Å². The molecule has 0 aliphatic carbocycles. The Labute approximate surface area is 175 Å². The van der Waals surface area contributed by atoms with Crippen molar-refractivity contribution in [2.75, 3.05) is 26.6 Å². The number of hydrogen-bond donors (Lipinski definition) is 1. The molecule has 0 amide bonds. The van der Waals surface area contributed by atoms with E-state index in [-0.39, 0.29) is 11.6 Å². The summed E-state index contributed by atoms with van der Waals surface area (Å²) in [6.45, 7) is 3.98. The molecule has 30 heavy (non-hydrogen) atoms. The third kappa shape index (κ3) is 3.16. The molecule has 1 N–H and O–H groups in total. The Balaban J connectivity index is 1.98. The Morgan fingerprint density at radius 2 is 1.73 bits per heavy atom. The van der Waals surface area contributed by atoms with Crippen molar-refractivity contribution < 1.29 is 9.47 Å². The first-order valence-corrected chi connectivity index (χ1v) is 9.93. The number of aromatic nitrogens is 2. The smallest absolute Gasteiger partial charge is 0.278 e. The maximum atomic E-state index is 13.6. The van der Waals surface area contributed by atoms with Crippen molar-refractivity contribution in [1.29, 1.82) is 0 Å². The second kappa shape index (κ2) is 7.74. The van der Waals surface area contributed by atoms with Gasteiger partial charge in [-0.2, -0.15) is 0 Å². The summed E-state index contributed by atoms with van der Waals surface area (Å²) in [7, 11) is 5.04. The zero-order valence-electron chi connectivity index (χ0n) is 17.9. The number of aliphatic imine (C=N–C) groups is 1. The van der Waals surface area contributed by atoms with Crippen molar-refractivity contribution in [2.24, 2.45) is 4.99 Å². The Morgan fingerprint density at radius 1 is 1.07 bits per heavy atom. The number of ether oxygens (including phenoxy) is 2. The van der Waals surface area contributed by atoms with E-state index in [4.69, 9.17) is 14.5 Å². The van der Waals surface area contributed by atoms with Crippen molar-refractivity contribution in [1.82, 2.24) is 9.36 Å². The maximum absolute atomic E-state index is 13.6. The predicted octanol–water partition coefficient (Wildman–Crippen LogP) is 3.96. The largest absolute Gasteiger partial charge is 0.497 e. The van der Waals surface area contributed by atoms with Crippen LogP contribution < -0.4 is 20.3 Å². The lowest BCUT2D eigenvalue weighted by Crippen LogP contribution is -2.26. The third-order valence-corrected chi connectivity index (χ3v) is 5.29. The Bertz CT molecular complexity index is 1170. The van der Waals surface area contributed by atoms with Crippen molar-refractivity contribution >= 4 is 17.2 Å². The second-order valence-corrected chi connectivity index (χ2v) is 7.46. The van der Waals surface area contributed by atoms with Crippen LogP contribution in [0, 0.1) is 0 Å². The summed E-state index contributed by atoms with van der Waals surface area (Å²) < 4.78 is 14.5. The van der Waals surface area contributed by atoms with Gasteiger partial charge in [0.2, 0.25) is 0 Å². The number of rotatable bonds is 6. The topological polar surface area (TPSA) is 69.8 Å². The van der Waals surface area contributed by atoms with Crippen LogP contribution in [0.15, 0.2) is 52.3 Å². The van der Waals surface area contributed by atoms with E-state index in [1.807, 2.05) is 62.0 Å². The molecule has 0 saturated heterocycles. The predicted molar refractivity (Wildman–Crippen MR) is 119 cm³/mol. The lowest BCUT2D eigenvalue weighted by Gasteiger charge is -2.18. The molecule has 2 heterocycles. The van der Waals surface area contributed by atoms with Crippen LogP contribution in [0.4, 0.5) is 11.5 Å². The summed E-state index contributed by atoms with van der Waals surface area (Å²) in [6, 6.07) is 13.5. The van der Waals surface area contributed by atoms with Gasteiger partial charge in [-0.15, -0.1) is 0 Å². The van der Waals surface area contributed by atoms with Crippen LogP contribution in [-0.4, -0.2) is 36.3 Å². The molecule has 0 spiro atoms. The summed E-state index contributed by atoms with van der Waals surface area (Å²) >= 11 is 0. The van der Waals surface area contributed by atoms with E-state index in [0.717, 1.165) is 22.6 Å². The normalized spacial score (nSPS) is 12.7. The van der Waals surface area contributed by atoms with Crippen LogP contribution in [0.1, 0.15) is 31.0 Å². The van der Waals surface area contributed by atoms with Crippen molar-refractivity contribution in [3.05, 3.63) is 63.9 Å². The average Bonchev–Trinajstić information content (AvgIpc) is 3.30. The van der Waals surface area contributed by atoms with Gasteiger partial charge in [0, 0.05) is 37.7 Å². The van der Waals surface area contributed by atoms with Gasteiger partial charge in [-0.3, -0.25) is 9.79 Å². The second-order valence-electron chi connectivity index (χ2n) is 7.46. The number of para-hydroxylation sites is 1. The monoisotopic (exact) mass is 406 g/mol. The van der Waals surface area contributed by atoms with Crippen molar-refractivity contribution in [3.63, 3.8) is 0 Å². The number of benzene rings is 2. The molecule has 7 nitrogen and oxygen atoms in total. The van der Waals surface area contributed by atoms with E-state index < -0.39 is 0 Å². The van der Waals surface area contributed by atoms with Crippen LogP contribution in [0.5, 0.6) is 11.5 Å². The van der Waals surface area contributed by atoms with Gasteiger partial charge in [-0.1, -0.05) is 18.2 Å². The molecule has 0 saturated carbocycles. The lowest BCUT2D eigenvalue weighted by atomic mass is 10.1. The molecule has 0 atom stereocenters. The molecule has 7 heteroatoms. The summed E-state index contributed by atoms with van der Waals surface area (Å²) in [4.78, 5) is 18.4. The van der Waals surface area contributed by atoms with E-state index in [9.17, 15) is 4.79 Å². The molecule has 1 aliphatic rings. The summed E-state index contributed by atoms with van der Waals surface area (Å²) in [5.74, 6) is 1.99. The minimum absolute atomic E-state index is 0.0695. The number of nitrogens with one attached hydrogen (secondary N) is 1. The molecule has 0 fully saturated rings. The molecular formula is C23H26N4O3. The standard InChI is InChI=1S/C23H26N4O3/c1-14(2)26-23(28)21(20-10-15-8-6-7-9-19(15)25-20)22(24-3)27(26)16-11-17(29-4)13-18(12-16)30-5/h6-9,11-14,24H,10H2,1-5H3. The Kier molecular flexibility index (Phi) is 5.11. The fourth-order valence-electron chi connectivity index (χ4n) is 3.92. The van der Waals surface area contributed by atoms with Gasteiger partial charge in [0.05, 0.1) is 31.3 Å². The molecule has 0 unspecified atom stereocenters. The Hall–Kier alpha value is -3.48. The molecule has 3 aromatic rings. The summed E-state index contributed by atoms with van der Waals surface area (Å²) in [6.07, 6.45) is 0.629. The minimum atomic E-state index is -0.0808. The highest BCUT2D eigenvalue weighted by molar-refractivity contribution is 6.09. The van der Waals surface area contributed by atoms with Gasteiger partial charge in [0.15, 0.2) is 0 Å². The van der Waals surface area contributed by atoms with Crippen LogP contribution >= 0.6 is 0 Å². The fraction of sp³-hybridized carbons (Fsp3) is 0.304. The van der Waals surface area contributed by atoms with Gasteiger partial charge in [0.1, 0.15) is 22.9 Å². The van der Waals surface area contributed by atoms with Crippen LogP contribution in [0.3, 0.4) is 0 Å². The fourth-order valence-corrected chi connectivity index (χ4v) is 3.92. The molecule has 4 rings (SSSR count). The van der Waals surface area contributed by atoms with Crippen LogP contribution in [-0.2, 0) is 6.42 Å². The summed E-state index contributed by atoms with van der Waals surface area (Å²) in [5, 5.41) is 3.24. The zero-order chi connectivity index (χ0) is 21.4. The molecule has 1 aliphatic heterocycles. The van der Waals surface area contributed by atoms with Gasteiger partial charge < -0.3 is 14.8 Å². The van der Waals surface area contributed by atoms with E-state index in [1.54, 1.807) is 18.9 Å². The number of nitrogens with zero attached hydrogens (tertiary/aromatic N) is 3. The molecule has 0 radical (unpaired) electrons. The minimum Gasteiger partial charge on any atom is -0.497 e. The first-order valence-electron chi connectivity index (χ1n) is 9.93. The third-order valence-electron chi connectivity index (χ3n) is 5.29. The number of hydrogen-bond acceptors (Lipinski definition) is 5. The molecule has 2 aromatic carbocycles. The highest BCUT2D eigenvalue weighted by Crippen LogP contribution is 2.33. The quantitative estimate of drug-likeness (QED) is 0.673. The van der Waals surface area contributed by atoms with E-state index >= 15 is 0 Å². The van der Waals surface area contributed by atoms with Crippen LogP contribution in [0.2, 0.25) is 0 Å². The van der Waals surface area contributed by atoms with Gasteiger partial charge >= 0.3 is 0 Å². The molecule has 1 aromatic heterocycles. The van der Waals surface area contributed by atoms with E-state index in [1.165, 1.54) is 0 Å². The first kappa shape index (κ1) is 19.8. The Morgan fingerprint density at radius 3 is 2.30 bits per heavy atom. The van der Waals surface area contributed by atoms with Crippen molar-refractivity contribution in [3.8, 4) is 17.2 Å². The van der Waals surface area contributed by atoms with Crippen LogP contribution in [0.25, 0.3) is 5.69 Å². The van der Waals surface area contributed by atoms with Gasteiger partial charge in [-0.25, -0.2) is 9.36 Å². The molecule has 156 valence electrons. The van der Waals surface area contributed by atoms with E-state index in [0.29, 0.717) is 29.3 Å². The zero-order valence-corrected chi connectivity index (χ0v) is 17.9. The highest BCUT2D eigenvalue weighted by atomic mass is 16.5. The lowest BCUT2D eigenvalue weighted by molar-refractivity contribution is 0.392. The highest BCUT2D eigenvalue weighted by Gasteiger charge is 2.28. The number of anilines is 1. The van der Waals surface area contributed by atoms with Gasteiger partial charge in [0.25, 0.3) is 5.56 Å². The number of fused-ring (bicyclic) bond motifs is 1. The van der Waals surface area contributed by atoms with Crippen molar-refractivity contribution in [2.45, 2.75) is 26.3 Å². The van der Waals surface area contributed by atoms with E-state index in [2.05, 4.69) is 11.4 Å². The number of methoxy groups -OCH3 is 2. The molecule has 0 bridgehead atoms. The maximum Gasteiger partial charge on any atom is 0.278 e. The first-order chi connectivity index (χ1) is 14.5. The SMILES string of the molecule is CNc1c(C2=Nc3ccccc3C2)c(=O)n(C(C)C)n1-c1cc(OC)cc(OC)c1. The molecular weight excluding hydrogens is 380 g/mol.